The number of hydrogen-bond acceptors (Lipinski definition) is 5. The molecule has 0 radical (unpaired) electrons. The molecule has 6 nitrogen and oxygen atoms in total. The maximum atomic E-state index is 12.6. The number of carbonyl (C=O) groups excluding carboxylic acids is 1. The highest BCUT2D eigenvalue weighted by Crippen LogP contribution is 2.28. The van der Waals surface area contributed by atoms with E-state index in [-0.39, 0.29) is 11.7 Å². The fourth-order valence-electron chi connectivity index (χ4n) is 3.32. The minimum absolute atomic E-state index is 0.0822. The number of nitrogens with zero attached hydrogens (tertiary/aromatic N) is 4. The van der Waals surface area contributed by atoms with Gasteiger partial charge in [-0.25, -0.2) is 0 Å². The molecule has 0 aliphatic heterocycles. The molecule has 0 bridgehead atoms. The zero-order chi connectivity index (χ0) is 21.8. The Bertz CT molecular complexity index is 1220. The number of thioether (sulfide) groups is 1. The quantitative estimate of drug-likeness (QED) is 0.437. The summed E-state index contributed by atoms with van der Waals surface area (Å²) in [5, 5.41) is 12.4. The zero-order valence-electron chi connectivity index (χ0n) is 17.7. The van der Waals surface area contributed by atoms with Crippen LogP contribution in [0.1, 0.15) is 16.7 Å². The first kappa shape index (κ1) is 20.8. The van der Waals surface area contributed by atoms with Crippen LogP contribution in [0.15, 0.2) is 72.1 Å². The average Bonchev–Trinajstić information content (AvgIpc) is 3.19. The van der Waals surface area contributed by atoms with Crippen LogP contribution in [0.3, 0.4) is 0 Å². The molecule has 1 amide bonds. The predicted molar refractivity (Wildman–Crippen MR) is 125 cm³/mol. The highest BCUT2D eigenvalue weighted by molar-refractivity contribution is 7.99. The summed E-state index contributed by atoms with van der Waals surface area (Å²) in [5.74, 6) is 0.861. The summed E-state index contributed by atoms with van der Waals surface area (Å²) in [6.07, 6.45) is 3.46. The molecule has 31 heavy (non-hydrogen) atoms. The maximum Gasteiger partial charge on any atom is 0.234 e. The first-order valence-electron chi connectivity index (χ1n) is 9.94. The van der Waals surface area contributed by atoms with Gasteiger partial charge in [0.1, 0.15) is 0 Å². The molecule has 0 spiro atoms. The van der Waals surface area contributed by atoms with Crippen LogP contribution in [0.25, 0.3) is 17.1 Å². The predicted octanol–water partition coefficient (Wildman–Crippen LogP) is 4.99. The Balaban J connectivity index is 1.59. The maximum absolute atomic E-state index is 12.6. The van der Waals surface area contributed by atoms with Gasteiger partial charge in [0, 0.05) is 29.3 Å². The second kappa shape index (κ2) is 9.14. The summed E-state index contributed by atoms with van der Waals surface area (Å²) in [6, 6.07) is 17.9. The number of pyridine rings is 1. The van der Waals surface area contributed by atoms with Crippen LogP contribution in [0.4, 0.5) is 5.69 Å². The molecule has 2 aromatic carbocycles. The van der Waals surface area contributed by atoms with Crippen LogP contribution < -0.4 is 5.32 Å². The highest BCUT2D eigenvalue weighted by atomic mass is 32.2. The van der Waals surface area contributed by atoms with Crippen molar-refractivity contribution in [1.29, 1.82) is 0 Å². The summed E-state index contributed by atoms with van der Waals surface area (Å²) >= 11 is 1.36. The van der Waals surface area contributed by atoms with Gasteiger partial charge >= 0.3 is 0 Å². The molecule has 4 rings (SSSR count). The first-order valence-corrected chi connectivity index (χ1v) is 10.9. The molecule has 0 unspecified atom stereocenters. The fourth-order valence-corrected chi connectivity index (χ4v) is 4.07. The van der Waals surface area contributed by atoms with Crippen LogP contribution in [0.5, 0.6) is 0 Å². The van der Waals surface area contributed by atoms with Gasteiger partial charge in [0.15, 0.2) is 11.0 Å². The lowest BCUT2D eigenvalue weighted by atomic mass is 10.1. The van der Waals surface area contributed by atoms with Crippen LogP contribution >= 0.6 is 11.8 Å². The molecule has 4 aromatic rings. The number of carbonyl (C=O) groups is 1. The summed E-state index contributed by atoms with van der Waals surface area (Å²) in [5.41, 5.74) is 6.04. The Labute approximate surface area is 185 Å². The van der Waals surface area contributed by atoms with Crippen molar-refractivity contribution in [1.82, 2.24) is 19.7 Å². The molecule has 156 valence electrons. The van der Waals surface area contributed by atoms with Gasteiger partial charge in [-0.2, -0.15) is 0 Å². The summed E-state index contributed by atoms with van der Waals surface area (Å²) in [4.78, 5) is 16.7. The standard InChI is InChI=1S/C24H23N5OS/c1-16-5-4-6-20(14-16)29-23(19-9-11-25-12-10-19)27-28-24(29)31-15-22(30)26-21-8-7-17(2)13-18(21)3/h4-14H,15H2,1-3H3,(H,26,30). The van der Waals surface area contributed by atoms with Crippen LogP contribution in [0, 0.1) is 20.8 Å². The molecular weight excluding hydrogens is 406 g/mol. The van der Waals surface area contributed by atoms with Crippen LogP contribution in [-0.2, 0) is 4.79 Å². The van der Waals surface area contributed by atoms with Gasteiger partial charge < -0.3 is 5.32 Å². The van der Waals surface area contributed by atoms with E-state index in [1.807, 2.05) is 67.8 Å². The van der Waals surface area contributed by atoms with E-state index in [9.17, 15) is 4.79 Å². The number of aromatic nitrogens is 4. The summed E-state index contributed by atoms with van der Waals surface area (Å²) in [6.45, 7) is 6.07. The molecule has 7 heteroatoms. The number of amides is 1. The van der Waals surface area contributed by atoms with E-state index in [4.69, 9.17) is 0 Å². The molecule has 0 aliphatic carbocycles. The van der Waals surface area contributed by atoms with Gasteiger partial charge in [-0.05, 0) is 62.2 Å². The van der Waals surface area contributed by atoms with Gasteiger partial charge in [0.05, 0.1) is 5.75 Å². The van der Waals surface area contributed by atoms with Crippen molar-refractivity contribution in [3.63, 3.8) is 0 Å². The molecule has 0 saturated carbocycles. The van der Waals surface area contributed by atoms with Crippen LogP contribution in [0.2, 0.25) is 0 Å². The van der Waals surface area contributed by atoms with Gasteiger partial charge in [-0.3, -0.25) is 14.3 Å². The number of hydrogen-bond donors (Lipinski definition) is 1. The topological polar surface area (TPSA) is 72.7 Å². The van der Waals surface area contributed by atoms with Crippen LogP contribution in [-0.4, -0.2) is 31.4 Å². The Morgan fingerprint density at radius 1 is 0.968 bits per heavy atom. The molecule has 1 N–H and O–H groups in total. The number of aryl methyl sites for hydroxylation is 3. The molecule has 0 atom stereocenters. The number of anilines is 1. The van der Waals surface area contributed by atoms with Gasteiger partial charge in [-0.15, -0.1) is 10.2 Å². The van der Waals surface area contributed by atoms with E-state index in [1.54, 1.807) is 12.4 Å². The van der Waals surface area contributed by atoms with Gasteiger partial charge in [-0.1, -0.05) is 41.6 Å². The smallest absolute Gasteiger partial charge is 0.234 e. The lowest BCUT2D eigenvalue weighted by Gasteiger charge is -2.12. The Hall–Kier alpha value is -3.45. The second-order valence-electron chi connectivity index (χ2n) is 7.37. The Morgan fingerprint density at radius 2 is 1.74 bits per heavy atom. The van der Waals surface area contributed by atoms with Crippen molar-refractivity contribution in [2.24, 2.45) is 0 Å². The molecular formula is C24H23N5OS. The number of rotatable bonds is 6. The largest absolute Gasteiger partial charge is 0.325 e. The third-order valence-electron chi connectivity index (χ3n) is 4.82. The molecule has 0 saturated heterocycles. The normalized spacial score (nSPS) is 10.8. The number of benzene rings is 2. The molecule has 2 heterocycles. The molecule has 0 aliphatic rings. The minimum atomic E-state index is -0.0822. The zero-order valence-corrected chi connectivity index (χ0v) is 18.5. The molecule has 2 aromatic heterocycles. The first-order chi connectivity index (χ1) is 15.0. The van der Waals surface area contributed by atoms with Crippen molar-refractivity contribution in [3.05, 3.63) is 83.7 Å². The third-order valence-corrected chi connectivity index (χ3v) is 5.75. The van der Waals surface area contributed by atoms with E-state index in [1.165, 1.54) is 17.3 Å². The summed E-state index contributed by atoms with van der Waals surface area (Å²) in [7, 11) is 0. The van der Waals surface area contributed by atoms with Crippen molar-refractivity contribution >= 4 is 23.4 Å². The minimum Gasteiger partial charge on any atom is -0.325 e. The van der Waals surface area contributed by atoms with E-state index in [2.05, 4.69) is 32.6 Å². The SMILES string of the molecule is Cc1cccc(-n2c(SCC(=O)Nc3ccc(C)cc3C)nnc2-c2ccncc2)c1. The Kier molecular flexibility index (Phi) is 6.13. The van der Waals surface area contributed by atoms with Gasteiger partial charge in [0.2, 0.25) is 5.91 Å². The van der Waals surface area contributed by atoms with Crippen molar-refractivity contribution in [2.45, 2.75) is 25.9 Å². The van der Waals surface area contributed by atoms with E-state index in [0.29, 0.717) is 11.0 Å². The van der Waals surface area contributed by atoms with E-state index >= 15 is 0 Å². The average molecular weight is 430 g/mol. The fraction of sp³-hybridized carbons (Fsp3) is 0.167. The monoisotopic (exact) mass is 429 g/mol. The molecule has 0 fully saturated rings. The lowest BCUT2D eigenvalue weighted by molar-refractivity contribution is -0.113. The van der Waals surface area contributed by atoms with Crippen molar-refractivity contribution in [3.8, 4) is 17.1 Å². The van der Waals surface area contributed by atoms with Crippen molar-refractivity contribution in [2.75, 3.05) is 11.1 Å². The highest BCUT2D eigenvalue weighted by Gasteiger charge is 2.17. The summed E-state index contributed by atoms with van der Waals surface area (Å²) < 4.78 is 1.98. The van der Waals surface area contributed by atoms with Crippen molar-refractivity contribution < 1.29 is 4.79 Å². The van der Waals surface area contributed by atoms with E-state index < -0.39 is 0 Å². The second-order valence-corrected chi connectivity index (χ2v) is 8.31. The van der Waals surface area contributed by atoms with E-state index in [0.717, 1.165) is 28.1 Å². The lowest BCUT2D eigenvalue weighted by Crippen LogP contribution is -2.15. The van der Waals surface area contributed by atoms with Gasteiger partial charge in [0.25, 0.3) is 0 Å². The third kappa shape index (κ3) is 4.83. The Morgan fingerprint density at radius 3 is 2.48 bits per heavy atom. The number of nitrogens with one attached hydrogen (secondary N) is 1.